The Kier molecular flexibility index (Phi) is 2.35. The van der Waals surface area contributed by atoms with Crippen LogP contribution in [0.3, 0.4) is 0 Å². The Morgan fingerprint density at radius 1 is 1.50 bits per heavy atom. The average Bonchev–Trinajstić information content (AvgIpc) is 2.33. The van der Waals surface area contributed by atoms with Crippen LogP contribution in [0.2, 0.25) is 0 Å². The van der Waals surface area contributed by atoms with Crippen LogP contribution >= 0.6 is 0 Å². The molecule has 2 unspecified atom stereocenters. The maximum absolute atomic E-state index is 3.67. The van der Waals surface area contributed by atoms with Crippen molar-refractivity contribution < 1.29 is 0 Å². The van der Waals surface area contributed by atoms with Crippen LogP contribution in [0.25, 0.3) is 0 Å². The first-order valence-electron chi connectivity index (χ1n) is 4.48. The first kappa shape index (κ1) is 8.06. The molecule has 1 N–H and O–H groups in total. The molecule has 10 heavy (non-hydrogen) atoms. The molecule has 0 spiro atoms. The van der Waals surface area contributed by atoms with Crippen molar-refractivity contribution in [1.29, 1.82) is 0 Å². The molecule has 0 amide bonds. The van der Waals surface area contributed by atoms with Crippen molar-refractivity contribution in [2.24, 2.45) is 0 Å². The Morgan fingerprint density at radius 2 is 2.20 bits per heavy atom. The summed E-state index contributed by atoms with van der Waals surface area (Å²) in [6, 6.07) is 0.796. The number of rotatable bonds is 2. The Balaban J connectivity index is 2.41. The number of hydrogen-bond acceptors (Lipinski definition) is 1. The lowest BCUT2D eigenvalue weighted by Gasteiger charge is -2.23. The minimum atomic E-state index is 0.459. The second-order valence-corrected chi connectivity index (χ2v) is 3.70. The van der Waals surface area contributed by atoms with Crippen molar-refractivity contribution in [1.82, 2.24) is 5.32 Å². The van der Waals surface area contributed by atoms with E-state index in [1.165, 1.54) is 25.7 Å². The molecule has 1 nitrogen and oxygen atoms in total. The van der Waals surface area contributed by atoms with E-state index >= 15 is 0 Å². The van der Waals surface area contributed by atoms with Crippen molar-refractivity contribution in [3.05, 3.63) is 0 Å². The quantitative estimate of drug-likeness (QED) is 0.622. The fourth-order valence-corrected chi connectivity index (χ4v) is 1.71. The Hall–Kier alpha value is -0.0400. The molecule has 1 heterocycles. The third-order valence-electron chi connectivity index (χ3n) is 2.87. The predicted molar refractivity (Wildman–Crippen MR) is 45.1 cm³/mol. The lowest BCUT2D eigenvalue weighted by molar-refractivity contribution is 0.376. The van der Waals surface area contributed by atoms with Gasteiger partial charge in [0.05, 0.1) is 0 Å². The lowest BCUT2D eigenvalue weighted by atomic mass is 9.97. The van der Waals surface area contributed by atoms with Crippen molar-refractivity contribution >= 4 is 0 Å². The Morgan fingerprint density at radius 3 is 2.50 bits per heavy atom. The lowest BCUT2D eigenvalue weighted by Crippen LogP contribution is -2.39. The van der Waals surface area contributed by atoms with E-state index in [0.29, 0.717) is 5.54 Å². The van der Waals surface area contributed by atoms with Gasteiger partial charge in [-0.15, -0.1) is 0 Å². The Labute approximate surface area is 64.2 Å². The van der Waals surface area contributed by atoms with E-state index in [4.69, 9.17) is 0 Å². The van der Waals surface area contributed by atoms with Crippen LogP contribution in [0.5, 0.6) is 0 Å². The highest BCUT2D eigenvalue weighted by Gasteiger charge is 2.30. The van der Waals surface area contributed by atoms with Gasteiger partial charge in [0.2, 0.25) is 0 Å². The molecule has 1 aliphatic heterocycles. The van der Waals surface area contributed by atoms with Gasteiger partial charge in [-0.1, -0.05) is 13.8 Å². The molecule has 0 aromatic carbocycles. The minimum Gasteiger partial charge on any atom is -0.309 e. The summed E-state index contributed by atoms with van der Waals surface area (Å²) < 4.78 is 0. The third kappa shape index (κ3) is 1.51. The fourth-order valence-electron chi connectivity index (χ4n) is 1.71. The maximum atomic E-state index is 3.67. The van der Waals surface area contributed by atoms with Crippen molar-refractivity contribution in [3.8, 4) is 0 Å². The smallest absolute Gasteiger partial charge is 0.0153 e. The van der Waals surface area contributed by atoms with Crippen LogP contribution in [0.15, 0.2) is 0 Å². The first-order valence-corrected chi connectivity index (χ1v) is 4.48. The third-order valence-corrected chi connectivity index (χ3v) is 2.87. The Bertz CT molecular complexity index is 111. The van der Waals surface area contributed by atoms with E-state index in [9.17, 15) is 0 Å². The summed E-state index contributed by atoms with van der Waals surface area (Å²) in [6.45, 7) is 6.87. The fraction of sp³-hybridized carbons (Fsp3) is 1.00. The highest BCUT2D eigenvalue weighted by molar-refractivity contribution is 4.92. The molecule has 0 bridgehead atoms. The van der Waals surface area contributed by atoms with Gasteiger partial charge in [0.15, 0.2) is 0 Å². The minimum absolute atomic E-state index is 0.459. The monoisotopic (exact) mass is 141 g/mol. The van der Waals surface area contributed by atoms with Gasteiger partial charge in [0.25, 0.3) is 0 Å². The molecule has 0 radical (unpaired) electrons. The second kappa shape index (κ2) is 2.91. The molecule has 0 aromatic rings. The van der Waals surface area contributed by atoms with Crippen molar-refractivity contribution in [2.45, 2.75) is 58.0 Å². The van der Waals surface area contributed by atoms with Gasteiger partial charge in [-0.2, -0.15) is 0 Å². The normalized spacial score (nSPS) is 40.5. The van der Waals surface area contributed by atoms with Gasteiger partial charge in [-0.3, -0.25) is 0 Å². The van der Waals surface area contributed by atoms with E-state index in [1.54, 1.807) is 0 Å². The molecular formula is C9H19N. The number of nitrogens with one attached hydrogen (secondary N) is 1. The summed E-state index contributed by atoms with van der Waals surface area (Å²) in [4.78, 5) is 0. The van der Waals surface area contributed by atoms with E-state index < -0.39 is 0 Å². The predicted octanol–water partition coefficient (Wildman–Crippen LogP) is 2.32. The van der Waals surface area contributed by atoms with Gasteiger partial charge < -0.3 is 5.32 Å². The largest absolute Gasteiger partial charge is 0.309 e. The molecule has 0 aromatic heterocycles. The molecular weight excluding hydrogens is 122 g/mol. The van der Waals surface area contributed by atoms with E-state index in [1.807, 2.05) is 0 Å². The van der Waals surface area contributed by atoms with E-state index in [0.717, 1.165) is 6.04 Å². The summed E-state index contributed by atoms with van der Waals surface area (Å²) >= 11 is 0. The molecule has 1 fully saturated rings. The highest BCUT2D eigenvalue weighted by atomic mass is 15.0. The van der Waals surface area contributed by atoms with Crippen LogP contribution < -0.4 is 5.32 Å². The van der Waals surface area contributed by atoms with Gasteiger partial charge in [-0.05, 0) is 32.6 Å². The van der Waals surface area contributed by atoms with Gasteiger partial charge in [0.1, 0.15) is 0 Å². The second-order valence-electron chi connectivity index (χ2n) is 3.70. The SMILES string of the molecule is CCC1CCC(C)(CC)N1. The summed E-state index contributed by atoms with van der Waals surface area (Å²) in [5, 5.41) is 3.67. The van der Waals surface area contributed by atoms with Gasteiger partial charge in [0, 0.05) is 11.6 Å². The maximum Gasteiger partial charge on any atom is 0.0153 e. The van der Waals surface area contributed by atoms with E-state index in [2.05, 4.69) is 26.1 Å². The molecule has 0 saturated carbocycles. The van der Waals surface area contributed by atoms with Crippen LogP contribution in [-0.2, 0) is 0 Å². The topological polar surface area (TPSA) is 12.0 Å². The summed E-state index contributed by atoms with van der Waals surface area (Å²) in [5.74, 6) is 0. The zero-order valence-corrected chi connectivity index (χ0v) is 7.41. The van der Waals surface area contributed by atoms with E-state index in [-0.39, 0.29) is 0 Å². The molecule has 2 atom stereocenters. The van der Waals surface area contributed by atoms with Crippen molar-refractivity contribution in [2.75, 3.05) is 0 Å². The molecule has 0 aliphatic carbocycles. The molecule has 1 rings (SSSR count). The van der Waals surface area contributed by atoms with Gasteiger partial charge >= 0.3 is 0 Å². The summed E-state index contributed by atoms with van der Waals surface area (Å²) in [6.07, 6.45) is 5.29. The van der Waals surface area contributed by atoms with Crippen LogP contribution in [0.1, 0.15) is 46.5 Å². The highest BCUT2D eigenvalue weighted by Crippen LogP contribution is 2.26. The summed E-state index contributed by atoms with van der Waals surface area (Å²) in [5.41, 5.74) is 0.459. The van der Waals surface area contributed by atoms with Crippen molar-refractivity contribution in [3.63, 3.8) is 0 Å². The van der Waals surface area contributed by atoms with Gasteiger partial charge in [-0.25, -0.2) is 0 Å². The van der Waals surface area contributed by atoms with Crippen LogP contribution in [-0.4, -0.2) is 11.6 Å². The zero-order chi connectivity index (χ0) is 7.61. The molecule has 1 saturated heterocycles. The average molecular weight is 141 g/mol. The molecule has 60 valence electrons. The standard InChI is InChI=1S/C9H19N/c1-4-8-6-7-9(3,5-2)10-8/h8,10H,4-7H2,1-3H3. The van der Waals surface area contributed by atoms with Crippen LogP contribution in [0.4, 0.5) is 0 Å². The first-order chi connectivity index (χ1) is 4.70. The van der Waals surface area contributed by atoms with Crippen LogP contribution in [0, 0.1) is 0 Å². The molecule has 1 aliphatic rings. The summed E-state index contributed by atoms with van der Waals surface area (Å²) in [7, 11) is 0. The molecule has 1 heteroatoms. The number of hydrogen-bond donors (Lipinski definition) is 1. The zero-order valence-electron chi connectivity index (χ0n) is 7.41.